The van der Waals surface area contributed by atoms with Crippen molar-refractivity contribution in [1.29, 1.82) is 0 Å². The first-order valence-corrected chi connectivity index (χ1v) is 12.0. The largest absolute Gasteiger partial charge is 0.497 e. The van der Waals surface area contributed by atoms with Crippen LogP contribution in [0.25, 0.3) is 0 Å². The summed E-state index contributed by atoms with van der Waals surface area (Å²) in [6.45, 7) is 2.90. The molecular formula is C26H25ClN2O3S. The maximum Gasteiger partial charge on any atom is 0.242 e. The molecule has 7 heteroatoms. The number of rotatable bonds is 8. The van der Waals surface area contributed by atoms with Gasteiger partial charge in [-0.1, -0.05) is 59.8 Å². The molecule has 0 aromatic heterocycles. The van der Waals surface area contributed by atoms with Gasteiger partial charge in [0.25, 0.3) is 0 Å². The standard InChI is InChI=1S/C26H25ClN2O3S/c1-3-29-25(30)24(33-26(29)28-20-12-14-21(31-2)15-13-20)16-18-8-5-7-11-23(18)32-17-19-9-4-6-10-22(19)27/h4-15,24H,3,16-17H2,1-2H3/t24-/m0/s1. The van der Waals surface area contributed by atoms with Gasteiger partial charge in [-0.05, 0) is 55.3 Å². The summed E-state index contributed by atoms with van der Waals surface area (Å²) in [7, 11) is 1.63. The molecule has 5 nitrogen and oxygen atoms in total. The highest BCUT2D eigenvalue weighted by atomic mass is 35.5. The first kappa shape index (κ1) is 23.2. The van der Waals surface area contributed by atoms with Crippen LogP contribution < -0.4 is 9.47 Å². The van der Waals surface area contributed by atoms with Crippen molar-refractivity contribution in [2.24, 2.45) is 4.99 Å². The van der Waals surface area contributed by atoms with Crippen LogP contribution in [0.1, 0.15) is 18.1 Å². The minimum absolute atomic E-state index is 0.0654. The van der Waals surface area contributed by atoms with Crippen LogP contribution in [0.2, 0.25) is 5.02 Å². The zero-order valence-corrected chi connectivity index (χ0v) is 20.1. The number of benzene rings is 3. The van der Waals surface area contributed by atoms with Crippen molar-refractivity contribution in [1.82, 2.24) is 4.90 Å². The Morgan fingerprint density at radius 2 is 1.70 bits per heavy atom. The highest BCUT2D eigenvalue weighted by molar-refractivity contribution is 8.15. The summed E-state index contributed by atoms with van der Waals surface area (Å²) in [5.74, 6) is 1.60. The number of halogens is 1. The molecule has 0 aliphatic carbocycles. The number of hydrogen-bond donors (Lipinski definition) is 0. The number of nitrogens with zero attached hydrogens (tertiary/aromatic N) is 2. The van der Waals surface area contributed by atoms with E-state index in [1.165, 1.54) is 11.8 Å². The molecule has 0 radical (unpaired) electrons. The smallest absolute Gasteiger partial charge is 0.242 e. The minimum Gasteiger partial charge on any atom is -0.497 e. The van der Waals surface area contributed by atoms with Crippen molar-refractivity contribution in [3.8, 4) is 11.5 Å². The lowest BCUT2D eigenvalue weighted by Crippen LogP contribution is -2.32. The first-order chi connectivity index (χ1) is 16.1. The molecule has 0 bridgehead atoms. The third-order valence-corrected chi connectivity index (χ3v) is 6.90. The minimum atomic E-state index is -0.257. The Bertz CT molecular complexity index is 1150. The number of amides is 1. The third-order valence-electron chi connectivity index (χ3n) is 5.35. The molecule has 0 spiro atoms. The van der Waals surface area contributed by atoms with Crippen molar-refractivity contribution in [2.75, 3.05) is 13.7 Å². The molecule has 3 aromatic carbocycles. The van der Waals surface area contributed by atoms with Crippen molar-refractivity contribution in [3.05, 3.63) is 88.9 Å². The second-order valence-corrected chi connectivity index (χ2v) is 9.05. The summed E-state index contributed by atoms with van der Waals surface area (Å²) in [6, 6.07) is 23.0. The zero-order chi connectivity index (χ0) is 23.2. The van der Waals surface area contributed by atoms with Gasteiger partial charge in [0.05, 0.1) is 18.0 Å². The molecule has 1 fully saturated rings. The molecule has 33 heavy (non-hydrogen) atoms. The SMILES string of the molecule is CCN1C(=O)[C@H](Cc2ccccc2OCc2ccccc2Cl)SC1=Nc1ccc(OC)cc1. The Kier molecular flexibility index (Phi) is 7.57. The lowest BCUT2D eigenvalue weighted by Gasteiger charge is -2.15. The molecule has 1 aliphatic rings. The molecule has 1 aliphatic heterocycles. The zero-order valence-electron chi connectivity index (χ0n) is 18.5. The number of ether oxygens (including phenoxy) is 2. The molecule has 0 N–H and O–H groups in total. The Hall–Kier alpha value is -2.96. The number of carbonyl (C=O) groups is 1. The van der Waals surface area contributed by atoms with Gasteiger partial charge < -0.3 is 9.47 Å². The number of hydrogen-bond acceptors (Lipinski definition) is 5. The number of thioether (sulfide) groups is 1. The van der Waals surface area contributed by atoms with E-state index in [4.69, 9.17) is 26.1 Å². The molecule has 1 amide bonds. The molecule has 170 valence electrons. The third kappa shape index (κ3) is 5.52. The van der Waals surface area contributed by atoms with Crippen LogP contribution in [-0.2, 0) is 17.8 Å². The fraction of sp³-hybridized carbons (Fsp3) is 0.231. The first-order valence-electron chi connectivity index (χ1n) is 10.7. The Morgan fingerprint density at radius 1 is 1.00 bits per heavy atom. The average Bonchev–Trinajstić information content (AvgIpc) is 3.13. The molecule has 4 rings (SSSR count). The van der Waals surface area contributed by atoms with Crippen LogP contribution in [0, 0.1) is 0 Å². The van der Waals surface area contributed by atoms with Gasteiger partial charge in [0.15, 0.2) is 5.17 Å². The summed E-state index contributed by atoms with van der Waals surface area (Å²) in [4.78, 5) is 19.6. The molecule has 0 saturated carbocycles. The topological polar surface area (TPSA) is 51.1 Å². The van der Waals surface area contributed by atoms with Crippen LogP contribution in [0.4, 0.5) is 5.69 Å². The Labute approximate surface area is 203 Å². The van der Waals surface area contributed by atoms with Gasteiger partial charge >= 0.3 is 0 Å². The number of carbonyl (C=O) groups excluding carboxylic acids is 1. The summed E-state index contributed by atoms with van der Waals surface area (Å²) < 4.78 is 11.3. The molecular weight excluding hydrogens is 456 g/mol. The fourth-order valence-corrected chi connectivity index (χ4v) is 5.01. The van der Waals surface area contributed by atoms with E-state index in [-0.39, 0.29) is 11.2 Å². The molecule has 0 unspecified atom stereocenters. The van der Waals surface area contributed by atoms with E-state index in [2.05, 4.69) is 0 Å². The van der Waals surface area contributed by atoms with E-state index >= 15 is 0 Å². The second-order valence-electron chi connectivity index (χ2n) is 7.47. The predicted octanol–water partition coefficient (Wildman–Crippen LogP) is 6.12. The van der Waals surface area contributed by atoms with E-state index < -0.39 is 0 Å². The normalized spacial score (nSPS) is 16.9. The highest BCUT2D eigenvalue weighted by Gasteiger charge is 2.37. The Morgan fingerprint density at radius 3 is 2.39 bits per heavy atom. The molecule has 1 heterocycles. The molecule has 1 saturated heterocycles. The van der Waals surface area contributed by atoms with Gasteiger partial charge in [0.2, 0.25) is 5.91 Å². The van der Waals surface area contributed by atoms with Gasteiger partial charge in [0.1, 0.15) is 18.1 Å². The number of aliphatic imine (C=N–C) groups is 1. The molecule has 3 aromatic rings. The van der Waals surface area contributed by atoms with Gasteiger partial charge in [-0.3, -0.25) is 9.69 Å². The van der Waals surface area contributed by atoms with Gasteiger partial charge in [-0.2, -0.15) is 0 Å². The number of para-hydroxylation sites is 1. The van der Waals surface area contributed by atoms with Crippen molar-refractivity contribution in [2.45, 2.75) is 25.2 Å². The quantitative estimate of drug-likeness (QED) is 0.389. The monoisotopic (exact) mass is 480 g/mol. The maximum absolute atomic E-state index is 13.1. The van der Waals surface area contributed by atoms with E-state index in [9.17, 15) is 4.79 Å². The van der Waals surface area contributed by atoms with Crippen LogP contribution in [0.3, 0.4) is 0 Å². The number of methoxy groups -OCH3 is 1. The predicted molar refractivity (Wildman–Crippen MR) is 135 cm³/mol. The fourth-order valence-electron chi connectivity index (χ4n) is 3.57. The summed E-state index contributed by atoms with van der Waals surface area (Å²) in [6.07, 6.45) is 0.556. The van der Waals surface area contributed by atoms with Gasteiger partial charge in [0, 0.05) is 17.1 Å². The average molecular weight is 481 g/mol. The highest BCUT2D eigenvalue weighted by Crippen LogP contribution is 2.34. The van der Waals surface area contributed by atoms with Crippen molar-refractivity contribution in [3.63, 3.8) is 0 Å². The second kappa shape index (κ2) is 10.8. The summed E-state index contributed by atoms with van der Waals surface area (Å²) in [5.41, 5.74) is 2.69. The van der Waals surface area contributed by atoms with E-state index in [0.717, 1.165) is 28.3 Å². The van der Waals surface area contributed by atoms with Crippen LogP contribution in [0.5, 0.6) is 11.5 Å². The summed E-state index contributed by atoms with van der Waals surface area (Å²) in [5, 5.41) is 1.13. The van der Waals surface area contributed by atoms with Crippen LogP contribution in [-0.4, -0.2) is 34.9 Å². The van der Waals surface area contributed by atoms with E-state index in [1.807, 2.05) is 79.7 Å². The van der Waals surface area contributed by atoms with E-state index in [1.54, 1.807) is 12.0 Å². The lowest BCUT2D eigenvalue weighted by atomic mass is 10.1. The lowest BCUT2D eigenvalue weighted by molar-refractivity contribution is -0.126. The number of amidine groups is 1. The van der Waals surface area contributed by atoms with Crippen LogP contribution in [0.15, 0.2) is 77.8 Å². The van der Waals surface area contributed by atoms with Crippen molar-refractivity contribution >= 4 is 40.1 Å². The summed E-state index contributed by atoms with van der Waals surface area (Å²) >= 11 is 7.76. The maximum atomic E-state index is 13.1. The Balaban J connectivity index is 1.50. The molecule has 1 atom stereocenters. The van der Waals surface area contributed by atoms with E-state index in [0.29, 0.717) is 29.8 Å². The van der Waals surface area contributed by atoms with Gasteiger partial charge in [-0.25, -0.2) is 4.99 Å². The van der Waals surface area contributed by atoms with Crippen LogP contribution >= 0.6 is 23.4 Å². The van der Waals surface area contributed by atoms with Gasteiger partial charge in [-0.15, -0.1) is 0 Å². The van der Waals surface area contributed by atoms with Crippen molar-refractivity contribution < 1.29 is 14.3 Å².